The van der Waals surface area contributed by atoms with E-state index in [1.54, 1.807) is 7.05 Å². The van der Waals surface area contributed by atoms with Crippen LogP contribution in [0.2, 0.25) is 0 Å². The quantitative estimate of drug-likeness (QED) is 0.211. The fourth-order valence-corrected chi connectivity index (χ4v) is 2.62. The van der Waals surface area contributed by atoms with Crippen molar-refractivity contribution >= 4 is 41.0 Å². The highest BCUT2D eigenvalue weighted by Crippen LogP contribution is 2.11. The summed E-state index contributed by atoms with van der Waals surface area (Å²) in [4.78, 5) is 12.1. The van der Waals surface area contributed by atoms with Gasteiger partial charge in [-0.15, -0.1) is 24.0 Å². The van der Waals surface area contributed by atoms with Gasteiger partial charge in [-0.25, -0.2) is 4.98 Å². The molecule has 0 fully saturated rings. The topological polar surface area (TPSA) is 74.3 Å². The van der Waals surface area contributed by atoms with Gasteiger partial charge in [-0.2, -0.15) is 0 Å². The van der Waals surface area contributed by atoms with E-state index in [2.05, 4.69) is 32.5 Å². The van der Waals surface area contributed by atoms with E-state index in [0.717, 1.165) is 41.5 Å². The Hall–Kier alpha value is -2.29. The van der Waals surface area contributed by atoms with E-state index in [4.69, 9.17) is 4.74 Å². The van der Waals surface area contributed by atoms with E-state index in [-0.39, 0.29) is 24.0 Å². The van der Waals surface area contributed by atoms with Gasteiger partial charge in [0.2, 0.25) is 0 Å². The number of nitrogens with one attached hydrogen (secondary N) is 3. The third kappa shape index (κ3) is 6.42. The minimum Gasteiger partial charge on any atom is -0.492 e. The van der Waals surface area contributed by atoms with Crippen LogP contribution in [0.4, 0.5) is 0 Å². The molecule has 6 nitrogen and oxygen atoms in total. The van der Waals surface area contributed by atoms with E-state index in [9.17, 15) is 0 Å². The number of aliphatic imine (C=N–C) groups is 1. The summed E-state index contributed by atoms with van der Waals surface area (Å²) in [7, 11) is 1.76. The number of fused-ring (bicyclic) bond motifs is 1. The Morgan fingerprint density at radius 3 is 2.56 bits per heavy atom. The average molecular weight is 479 g/mol. The fourth-order valence-electron chi connectivity index (χ4n) is 2.62. The van der Waals surface area contributed by atoms with Crippen molar-refractivity contribution in [3.8, 4) is 5.75 Å². The number of ether oxygens (including phenoxy) is 1. The highest BCUT2D eigenvalue weighted by atomic mass is 127. The molecule has 0 atom stereocenters. The zero-order valence-electron chi connectivity index (χ0n) is 15.7. The molecular formula is C20H26IN5O. The molecule has 27 heavy (non-hydrogen) atoms. The highest BCUT2D eigenvalue weighted by molar-refractivity contribution is 14.0. The molecule has 0 bridgehead atoms. The lowest BCUT2D eigenvalue weighted by Crippen LogP contribution is -2.40. The second-order valence-electron chi connectivity index (χ2n) is 6.04. The van der Waals surface area contributed by atoms with Crippen LogP contribution in [0.5, 0.6) is 5.75 Å². The standard InChI is InChI=1S/C20H25N5O.HI/c1-15-7-9-16(10-8-15)26-14-13-23-20(21-2)22-12-11-19-24-17-5-3-4-6-18(17)25-19;/h3-10H,11-14H2,1-2H3,(H,24,25)(H2,21,22,23);1H. The molecule has 1 aromatic heterocycles. The Morgan fingerprint density at radius 2 is 1.81 bits per heavy atom. The number of rotatable bonds is 7. The molecule has 7 heteroatoms. The van der Waals surface area contributed by atoms with E-state index < -0.39 is 0 Å². The monoisotopic (exact) mass is 479 g/mol. The third-order valence-electron chi connectivity index (χ3n) is 4.00. The van der Waals surface area contributed by atoms with Gasteiger partial charge in [0, 0.05) is 20.0 Å². The molecule has 0 amide bonds. The Balaban J connectivity index is 0.00000261. The molecular weight excluding hydrogens is 453 g/mol. The van der Waals surface area contributed by atoms with Gasteiger partial charge in [0.05, 0.1) is 17.6 Å². The van der Waals surface area contributed by atoms with Gasteiger partial charge < -0.3 is 20.4 Å². The summed E-state index contributed by atoms with van der Waals surface area (Å²) >= 11 is 0. The van der Waals surface area contributed by atoms with Gasteiger partial charge in [0.1, 0.15) is 18.2 Å². The van der Waals surface area contributed by atoms with Gasteiger partial charge in [0.15, 0.2) is 5.96 Å². The van der Waals surface area contributed by atoms with Crippen LogP contribution in [-0.2, 0) is 6.42 Å². The number of para-hydroxylation sites is 2. The molecule has 3 aromatic rings. The second kappa shape index (κ2) is 10.8. The number of aromatic nitrogens is 2. The first-order valence-corrected chi connectivity index (χ1v) is 8.82. The second-order valence-corrected chi connectivity index (χ2v) is 6.04. The molecule has 1 heterocycles. The molecule has 0 aliphatic rings. The first-order valence-electron chi connectivity index (χ1n) is 8.82. The number of halogens is 1. The largest absolute Gasteiger partial charge is 0.492 e. The number of benzene rings is 2. The van der Waals surface area contributed by atoms with Crippen LogP contribution < -0.4 is 15.4 Å². The number of hydrogen-bond acceptors (Lipinski definition) is 3. The normalized spacial score (nSPS) is 11.1. The maximum absolute atomic E-state index is 5.70. The molecule has 3 N–H and O–H groups in total. The maximum Gasteiger partial charge on any atom is 0.191 e. The summed E-state index contributed by atoms with van der Waals surface area (Å²) in [6, 6.07) is 16.1. The van der Waals surface area contributed by atoms with Crippen molar-refractivity contribution in [1.29, 1.82) is 0 Å². The van der Waals surface area contributed by atoms with Gasteiger partial charge in [-0.1, -0.05) is 29.8 Å². The van der Waals surface area contributed by atoms with Crippen LogP contribution in [0.15, 0.2) is 53.5 Å². The molecule has 0 radical (unpaired) electrons. The minimum atomic E-state index is 0. The molecule has 0 unspecified atom stereocenters. The van der Waals surface area contributed by atoms with Crippen molar-refractivity contribution in [2.24, 2.45) is 4.99 Å². The van der Waals surface area contributed by atoms with E-state index in [1.165, 1.54) is 5.56 Å². The van der Waals surface area contributed by atoms with E-state index in [1.807, 2.05) is 48.5 Å². The number of aromatic amines is 1. The van der Waals surface area contributed by atoms with Crippen molar-refractivity contribution in [3.63, 3.8) is 0 Å². The summed E-state index contributed by atoms with van der Waals surface area (Å²) in [6.45, 7) is 4.07. The maximum atomic E-state index is 5.70. The van der Waals surface area contributed by atoms with Crippen LogP contribution in [0.1, 0.15) is 11.4 Å². The van der Waals surface area contributed by atoms with Crippen LogP contribution >= 0.6 is 24.0 Å². The Bertz CT molecular complexity index is 827. The summed E-state index contributed by atoms with van der Waals surface area (Å²) in [5.74, 6) is 2.61. The first-order chi connectivity index (χ1) is 12.7. The van der Waals surface area contributed by atoms with Gasteiger partial charge in [0.25, 0.3) is 0 Å². The van der Waals surface area contributed by atoms with Crippen LogP contribution in [0.25, 0.3) is 11.0 Å². The summed E-state index contributed by atoms with van der Waals surface area (Å²) in [5.41, 5.74) is 3.29. The number of imidazole rings is 1. The van der Waals surface area contributed by atoms with Crippen molar-refractivity contribution in [2.75, 3.05) is 26.7 Å². The van der Waals surface area contributed by atoms with Crippen molar-refractivity contribution in [1.82, 2.24) is 20.6 Å². The summed E-state index contributed by atoms with van der Waals surface area (Å²) in [5, 5.41) is 6.54. The molecule has 144 valence electrons. The zero-order chi connectivity index (χ0) is 18.2. The van der Waals surface area contributed by atoms with Crippen LogP contribution in [0.3, 0.4) is 0 Å². The SMILES string of the molecule is CN=C(NCCOc1ccc(C)cc1)NCCc1nc2ccccc2[nH]1.I. The third-order valence-corrected chi connectivity index (χ3v) is 4.00. The van der Waals surface area contributed by atoms with E-state index in [0.29, 0.717) is 13.2 Å². The van der Waals surface area contributed by atoms with Gasteiger partial charge >= 0.3 is 0 Å². The number of aryl methyl sites for hydroxylation is 1. The molecule has 0 aliphatic heterocycles. The van der Waals surface area contributed by atoms with E-state index >= 15 is 0 Å². The molecule has 0 saturated carbocycles. The molecule has 0 saturated heterocycles. The lowest BCUT2D eigenvalue weighted by molar-refractivity contribution is 0.322. The first kappa shape index (κ1) is 21.0. The lowest BCUT2D eigenvalue weighted by Gasteiger charge is -2.12. The minimum absolute atomic E-state index is 0. The Kier molecular flexibility index (Phi) is 8.38. The highest BCUT2D eigenvalue weighted by Gasteiger charge is 2.03. The van der Waals surface area contributed by atoms with Crippen molar-refractivity contribution in [3.05, 3.63) is 59.9 Å². The van der Waals surface area contributed by atoms with Crippen molar-refractivity contribution in [2.45, 2.75) is 13.3 Å². The number of guanidine groups is 1. The van der Waals surface area contributed by atoms with Crippen LogP contribution in [0, 0.1) is 6.92 Å². The summed E-state index contributed by atoms with van der Waals surface area (Å²) < 4.78 is 5.70. The summed E-state index contributed by atoms with van der Waals surface area (Å²) in [6.07, 6.45) is 0.801. The average Bonchev–Trinajstić information content (AvgIpc) is 3.08. The number of hydrogen-bond donors (Lipinski definition) is 3. The number of nitrogens with zero attached hydrogens (tertiary/aromatic N) is 2. The predicted octanol–water partition coefficient (Wildman–Crippen LogP) is 3.28. The fraction of sp³-hybridized carbons (Fsp3) is 0.300. The van der Waals surface area contributed by atoms with Crippen molar-refractivity contribution < 1.29 is 4.74 Å². The smallest absolute Gasteiger partial charge is 0.191 e. The Morgan fingerprint density at radius 1 is 1.07 bits per heavy atom. The van der Waals surface area contributed by atoms with Gasteiger partial charge in [-0.05, 0) is 31.2 Å². The van der Waals surface area contributed by atoms with Crippen LogP contribution in [-0.4, -0.2) is 42.7 Å². The molecule has 0 spiro atoms. The zero-order valence-corrected chi connectivity index (χ0v) is 18.0. The van der Waals surface area contributed by atoms with Gasteiger partial charge in [-0.3, -0.25) is 4.99 Å². The molecule has 2 aromatic carbocycles. The molecule has 3 rings (SSSR count). The number of H-pyrrole nitrogens is 1. The Labute approximate surface area is 176 Å². The lowest BCUT2D eigenvalue weighted by atomic mass is 10.2. The molecule has 0 aliphatic carbocycles. The predicted molar refractivity (Wildman–Crippen MR) is 121 cm³/mol.